The minimum Gasteiger partial charge on any atom is -0.465 e. The van der Waals surface area contributed by atoms with Gasteiger partial charge in [0.05, 0.1) is 6.04 Å². The molecule has 1 unspecified atom stereocenters. The fraction of sp³-hybridized carbons (Fsp3) is 0.353. The molecule has 1 N–H and O–H groups in total. The van der Waals surface area contributed by atoms with E-state index in [2.05, 4.69) is 5.32 Å². The van der Waals surface area contributed by atoms with Gasteiger partial charge in [-0.05, 0) is 52.2 Å². The van der Waals surface area contributed by atoms with Gasteiger partial charge in [0, 0.05) is 12.1 Å². The van der Waals surface area contributed by atoms with Crippen LogP contribution in [0.2, 0.25) is 0 Å². The van der Waals surface area contributed by atoms with Crippen molar-refractivity contribution in [1.29, 1.82) is 0 Å². The van der Waals surface area contributed by atoms with Crippen LogP contribution in [0.25, 0.3) is 0 Å². The summed E-state index contributed by atoms with van der Waals surface area (Å²) in [6, 6.07) is 11.5. The zero-order valence-electron chi connectivity index (χ0n) is 13.0. The number of likely N-dealkylation sites (N-methyl/N-ethyl adjacent to an activating group) is 1. The lowest BCUT2D eigenvalue weighted by atomic mass is 10.1. The molecule has 0 saturated heterocycles. The van der Waals surface area contributed by atoms with Gasteiger partial charge in [0.15, 0.2) is 0 Å². The number of amides is 1. The van der Waals surface area contributed by atoms with Crippen LogP contribution in [0.5, 0.6) is 0 Å². The number of carbonyl (C=O) groups excluding carboxylic acids is 1. The SMILES string of the molecule is Cc1cccc(C(=O)NCC(c2ccc(C)o2)N(C)C)c1. The second-order valence-electron chi connectivity index (χ2n) is 5.51. The van der Waals surface area contributed by atoms with Gasteiger partial charge in [-0.3, -0.25) is 9.69 Å². The monoisotopic (exact) mass is 286 g/mol. The Kier molecular flexibility index (Phi) is 4.81. The second kappa shape index (κ2) is 6.59. The fourth-order valence-corrected chi connectivity index (χ4v) is 2.25. The molecule has 21 heavy (non-hydrogen) atoms. The molecule has 0 fully saturated rings. The second-order valence-corrected chi connectivity index (χ2v) is 5.51. The van der Waals surface area contributed by atoms with Gasteiger partial charge in [0.1, 0.15) is 11.5 Å². The third-order valence-corrected chi connectivity index (χ3v) is 3.45. The summed E-state index contributed by atoms with van der Waals surface area (Å²) in [7, 11) is 3.95. The van der Waals surface area contributed by atoms with Crippen molar-refractivity contribution in [3.05, 3.63) is 59.0 Å². The van der Waals surface area contributed by atoms with Gasteiger partial charge in [0.2, 0.25) is 0 Å². The number of nitrogens with one attached hydrogen (secondary N) is 1. The molecule has 0 saturated carbocycles. The van der Waals surface area contributed by atoms with E-state index in [0.717, 1.165) is 17.1 Å². The number of hydrogen-bond acceptors (Lipinski definition) is 3. The highest BCUT2D eigenvalue weighted by Crippen LogP contribution is 2.20. The Morgan fingerprint density at radius 1 is 1.24 bits per heavy atom. The van der Waals surface area contributed by atoms with Crippen molar-refractivity contribution in [2.45, 2.75) is 19.9 Å². The van der Waals surface area contributed by atoms with Crippen LogP contribution in [-0.2, 0) is 0 Å². The summed E-state index contributed by atoms with van der Waals surface area (Å²) in [6.45, 7) is 4.40. The summed E-state index contributed by atoms with van der Waals surface area (Å²) in [5.74, 6) is 1.68. The van der Waals surface area contributed by atoms with Gasteiger partial charge >= 0.3 is 0 Å². The summed E-state index contributed by atoms with van der Waals surface area (Å²) in [5.41, 5.74) is 1.76. The Bertz CT molecular complexity index is 617. The predicted octanol–water partition coefficient (Wildman–Crippen LogP) is 2.93. The lowest BCUT2D eigenvalue weighted by molar-refractivity contribution is 0.0939. The molecule has 2 aromatic rings. The molecule has 0 spiro atoms. The average Bonchev–Trinajstić information content (AvgIpc) is 2.85. The van der Waals surface area contributed by atoms with E-state index in [0.29, 0.717) is 12.1 Å². The van der Waals surface area contributed by atoms with E-state index in [1.54, 1.807) is 0 Å². The fourth-order valence-electron chi connectivity index (χ4n) is 2.25. The smallest absolute Gasteiger partial charge is 0.251 e. The largest absolute Gasteiger partial charge is 0.465 e. The molecule has 0 aliphatic heterocycles. The molecule has 0 aliphatic carbocycles. The molecule has 1 heterocycles. The van der Waals surface area contributed by atoms with Gasteiger partial charge < -0.3 is 9.73 Å². The molecule has 112 valence electrons. The van der Waals surface area contributed by atoms with Crippen LogP contribution in [0.1, 0.15) is 33.5 Å². The molecule has 1 atom stereocenters. The zero-order chi connectivity index (χ0) is 15.4. The van der Waals surface area contributed by atoms with E-state index >= 15 is 0 Å². The maximum atomic E-state index is 12.2. The van der Waals surface area contributed by atoms with E-state index < -0.39 is 0 Å². The predicted molar refractivity (Wildman–Crippen MR) is 83.4 cm³/mol. The Hall–Kier alpha value is -2.07. The molecular weight excluding hydrogens is 264 g/mol. The van der Waals surface area contributed by atoms with Gasteiger partial charge in [-0.25, -0.2) is 0 Å². The first kappa shape index (κ1) is 15.3. The highest BCUT2D eigenvalue weighted by molar-refractivity contribution is 5.94. The van der Waals surface area contributed by atoms with Crippen molar-refractivity contribution in [2.24, 2.45) is 0 Å². The number of hydrogen-bond donors (Lipinski definition) is 1. The lowest BCUT2D eigenvalue weighted by Gasteiger charge is -2.22. The summed E-state index contributed by atoms with van der Waals surface area (Å²) >= 11 is 0. The molecule has 0 radical (unpaired) electrons. The van der Waals surface area contributed by atoms with Crippen LogP contribution in [-0.4, -0.2) is 31.4 Å². The molecule has 4 heteroatoms. The standard InChI is InChI=1S/C17H22N2O2/c1-12-6-5-7-14(10-12)17(20)18-11-15(19(3)4)16-9-8-13(2)21-16/h5-10,15H,11H2,1-4H3,(H,18,20). The maximum Gasteiger partial charge on any atom is 0.251 e. The van der Waals surface area contributed by atoms with Crippen LogP contribution in [0.3, 0.4) is 0 Å². The van der Waals surface area contributed by atoms with Crippen LogP contribution < -0.4 is 5.32 Å². The first-order valence-corrected chi connectivity index (χ1v) is 7.05. The van der Waals surface area contributed by atoms with Crippen molar-refractivity contribution in [3.63, 3.8) is 0 Å². The summed E-state index contributed by atoms with van der Waals surface area (Å²) < 4.78 is 5.67. The van der Waals surface area contributed by atoms with E-state index in [-0.39, 0.29) is 11.9 Å². The molecule has 0 bridgehead atoms. The van der Waals surface area contributed by atoms with Crippen molar-refractivity contribution >= 4 is 5.91 Å². The van der Waals surface area contributed by atoms with E-state index in [1.807, 2.05) is 69.2 Å². The summed E-state index contributed by atoms with van der Waals surface area (Å²) in [5, 5.41) is 2.97. The molecule has 0 aliphatic rings. The Labute approximate surface area is 125 Å². The average molecular weight is 286 g/mol. The topological polar surface area (TPSA) is 45.5 Å². The van der Waals surface area contributed by atoms with Crippen molar-refractivity contribution in [1.82, 2.24) is 10.2 Å². The van der Waals surface area contributed by atoms with Crippen LogP contribution in [0.4, 0.5) is 0 Å². The normalized spacial score (nSPS) is 12.4. The van der Waals surface area contributed by atoms with Crippen LogP contribution in [0.15, 0.2) is 40.8 Å². The number of rotatable bonds is 5. The molecule has 1 aromatic heterocycles. The van der Waals surface area contributed by atoms with Crippen molar-refractivity contribution in [3.8, 4) is 0 Å². The van der Waals surface area contributed by atoms with E-state index in [4.69, 9.17) is 4.42 Å². The minimum absolute atomic E-state index is 0.0208. The van der Waals surface area contributed by atoms with Gasteiger partial charge in [-0.2, -0.15) is 0 Å². The third kappa shape index (κ3) is 3.95. The Morgan fingerprint density at radius 2 is 2.00 bits per heavy atom. The van der Waals surface area contributed by atoms with E-state index in [1.165, 1.54) is 0 Å². The van der Waals surface area contributed by atoms with Gasteiger partial charge in [-0.1, -0.05) is 17.7 Å². The van der Waals surface area contributed by atoms with Crippen LogP contribution in [0, 0.1) is 13.8 Å². The Morgan fingerprint density at radius 3 is 2.57 bits per heavy atom. The summed E-state index contributed by atoms with van der Waals surface area (Å²) in [4.78, 5) is 14.2. The summed E-state index contributed by atoms with van der Waals surface area (Å²) in [6.07, 6.45) is 0. The molecule has 2 rings (SSSR count). The first-order chi connectivity index (χ1) is 9.97. The highest BCUT2D eigenvalue weighted by Gasteiger charge is 2.19. The molecule has 1 aromatic carbocycles. The third-order valence-electron chi connectivity index (χ3n) is 3.45. The van der Waals surface area contributed by atoms with Crippen molar-refractivity contribution < 1.29 is 9.21 Å². The van der Waals surface area contributed by atoms with Gasteiger partial charge in [-0.15, -0.1) is 0 Å². The quantitative estimate of drug-likeness (QED) is 0.919. The lowest BCUT2D eigenvalue weighted by Crippen LogP contribution is -2.34. The van der Waals surface area contributed by atoms with Gasteiger partial charge in [0.25, 0.3) is 5.91 Å². The minimum atomic E-state index is -0.0613. The number of carbonyl (C=O) groups is 1. The highest BCUT2D eigenvalue weighted by atomic mass is 16.3. The first-order valence-electron chi connectivity index (χ1n) is 7.05. The number of benzene rings is 1. The zero-order valence-corrected chi connectivity index (χ0v) is 13.0. The number of aryl methyl sites for hydroxylation is 2. The van der Waals surface area contributed by atoms with Crippen LogP contribution >= 0.6 is 0 Å². The number of furan rings is 1. The van der Waals surface area contributed by atoms with Crippen molar-refractivity contribution in [2.75, 3.05) is 20.6 Å². The molecule has 1 amide bonds. The Balaban J connectivity index is 2.04. The van der Waals surface area contributed by atoms with E-state index in [9.17, 15) is 4.79 Å². The maximum absolute atomic E-state index is 12.2. The number of nitrogens with zero attached hydrogens (tertiary/aromatic N) is 1. The molecular formula is C17H22N2O2. The molecule has 4 nitrogen and oxygen atoms in total.